The van der Waals surface area contributed by atoms with E-state index in [0.717, 1.165) is 18.0 Å². The Morgan fingerprint density at radius 3 is 3.00 bits per heavy atom. The minimum Gasteiger partial charge on any atom is -0.480 e. The van der Waals surface area contributed by atoms with Crippen LogP contribution in [0.5, 0.6) is 0 Å². The highest BCUT2D eigenvalue weighted by Gasteiger charge is 2.34. The standard InChI is InChI=1S/C11H14N4O3S2/c16-9(15-6-19-3-8(15)10(17)18)4-20-11-13-12-5-14(11)7-1-2-7/h5,7-8H,1-4,6H2,(H,17,18)/t8-/m0/s1. The molecule has 9 heteroatoms. The molecule has 1 saturated carbocycles. The third-order valence-corrected chi connectivity index (χ3v) is 5.25. The van der Waals surface area contributed by atoms with Gasteiger partial charge in [-0.05, 0) is 12.8 Å². The van der Waals surface area contributed by atoms with E-state index in [4.69, 9.17) is 5.11 Å². The number of nitrogens with zero attached hydrogens (tertiary/aromatic N) is 4. The highest BCUT2D eigenvalue weighted by molar-refractivity contribution is 8.00. The Hall–Kier alpha value is -1.22. The molecule has 108 valence electrons. The second-order valence-corrected chi connectivity index (χ2v) is 6.70. The summed E-state index contributed by atoms with van der Waals surface area (Å²) in [4.78, 5) is 24.6. The lowest BCUT2D eigenvalue weighted by atomic mass is 10.3. The number of carbonyl (C=O) groups is 2. The van der Waals surface area contributed by atoms with Gasteiger partial charge in [-0.2, -0.15) is 0 Å². The average molecular weight is 314 g/mol. The first-order chi connectivity index (χ1) is 9.66. The van der Waals surface area contributed by atoms with Crippen LogP contribution in [0, 0.1) is 0 Å². The molecule has 1 atom stereocenters. The lowest BCUT2D eigenvalue weighted by Crippen LogP contribution is -2.42. The fourth-order valence-electron chi connectivity index (χ4n) is 2.04. The van der Waals surface area contributed by atoms with Gasteiger partial charge >= 0.3 is 5.97 Å². The van der Waals surface area contributed by atoms with Gasteiger partial charge in [0.25, 0.3) is 0 Å². The largest absolute Gasteiger partial charge is 0.480 e. The van der Waals surface area contributed by atoms with Crippen molar-refractivity contribution in [2.75, 3.05) is 17.4 Å². The molecule has 0 unspecified atom stereocenters. The van der Waals surface area contributed by atoms with E-state index in [1.807, 2.05) is 4.57 Å². The number of carboxylic acids is 1. The van der Waals surface area contributed by atoms with Gasteiger partial charge in [0.15, 0.2) is 5.16 Å². The Morgan fingerprint density at radius 2 is 2.30 bits per heavy atom. The summed E-state index contributed by atoms with van der Waals surface area (Å²) in [5.74, 6) is 0.0260. The third kappa shape index (κ3) is 2.78. The van der Waals surface area contributed by atoms with Crippen molar-refractivity contribution in [1.29, 1.82) is 0 Å². The van der Waals surface area contributed by atoms with Gasteiger partial charge in [-0.1, -0.05) is 11.8 Å². The van der Waals surface area contributed by atoms with Crippen molar-refractivity contribution in [2.45, 2.75) is 30.1 Å². The van der Waals surface area contributed by atoms with Crippen molar-refractivity contribution in [3.05, 3.63) is 6.33 Å². The number of hydrogen-bond donors (Lipinski definition) is 1. The predicted octanol–water partition coefficient (Wildman–Crippen LogP) is 0.691. The van der Waals surface area contributed by atoms with Crippen LogP contribution in [0.15, 0.2) is 11.5 Å². The normalized spacial score (nSPS) is 22.2. The molecule has 1 aromatic rings. The topological polar surface area (TPSA) is 88.3 Å². The molecule has 20 heavy (non-hydrogen) atoms. The molecule has 1 aromatic heterocycles. The summed E-state index contributed by atoms with van der Waals surface area (Å²) in [6.45, 7) is 0. The predicted molar refractivity (Wildman–Crippen MR) is 74.6 cm³/mol. The Labute approximate surface area is 124 Å². The number of thioether (sulfide) groups is 2. The fourth-order valence-corrected chi connectivity index (χ4v) is 4.08. The zero-order valence-electron chi connectivity index (χ0n) is 10.6. The molecule has 1 aliphatic heterocycles. The number of carboxylic acid groups (broad SMARTS) is 1. The second-order valence-electron chi connectivity index (χ2n) is 4.76. The molecule has 1 amide bonds. The molecule has 0 spiro atoms. The molecule has 0 bridgehead atoms. The lowest BCUT2D eigenvalue weighted by Gasteiger charge is -2.20. The van der Waals surface area contributed by atoms with Crippen LogP contribution in [0.2, 0.25) is 0 Å². The number of rotatable bonds is 5. The van der Waals surface area contributed by atoms with E-state index in [2.05, 4.69) is 10.2 Å². The van der Waals surface area contributed by atoms with Gasteiger partial charge in [0.05, 0.1) is 11.6 Å². The van der Waals surface area contributed by atoms with Gasteiger partial charge in [0.2, 0.25) is 5.91 Å². The maximum Gasteiger partial charge on any atom is 0.327 e. The van der Waals surface area contributed by atoms with E-state index < -0.39 is 12.0 Å². The minimum absolute atomic E-state index is 0.155. The zero-order chi connectivity index (χ0) is 14.1. The summed E-state index contributed by atoms with van der Waals surface area (Å²) in [5.41, 5.74) is 0. The number of aliphatic carboxylic acids is 1. The van der Waals surface area contributed by atoms with Crippen LogP contribution in [0.1, 0.15) is 18.9 Å². The molecular formula is C11H14N4O3S2. The van der Waals surface area contributed by atoms with Crippen LogP contribution >= 0.6 is 23.5 Å². The smallest absolute Gasteiger partial charge is 0.327 e. The van der Waals surface area contributed by atoms with Crippen molar-refractivity contribution in [3.8, 4) is 0 Å². The summed E-state index contributed by atoms with van der Waals surface area (Å²) < 4.78 is 1.99. The number of amides is 1. The molecule has 0 aromatic carbocycles. The average Bonchev–Trinajstić information content (AvgIpc) is 2.97. The molecule has 0 radical (unpaired) electrons. The van der Waals surface area contributed by atoms with Crippen molar-refractivity contribution in [2.24, 2.45) is 0 Å². The monoisotopic (exact) mass is 314 g/mol. The summed E-state index contributed by atoms with van der Waals surface area (Å²) in [6, 6.07) is -0.230. The van der Waals surface area contributed by atoms with Crippen molar-refractivity contribution in [3.63, 3.8) is 0 Å². The fraction of sp³-hybridized carbons (Fsp3) is 0.636. The van der Waals surface area contributed by atoms with E-state index >= 15 is 0 Å². The van der Waals surface area contributed by atoms with Crippen LogP contribution < -0.4 is 0 Å². The second kappa shape index (κ2) is 5.65. The first-order valence-corrected chi connectivity index (χ1v) is 8.43. The minimum atomic E-state index is -0.936. The third-order valence-electron chi connectivity index (χ3n) is 3.29. The molecular weight excluding hydrogens is 300 g/mol. The molecule has 2 aliphatic rings. The Morgan fingerprint density at radius 1 is 1.50 bits per heavy atom. The Kier molecular flexibility index (Phi) is 3.88. The van der Waals surface area contributed by atoms with Crippen LogP contribution in [-0.2, 0) is 9.59 Å². The zero-order valence-corrected chi connectivity index (χ0v) is 12.3. The number of aromatic nitrogens is 3. The number of carbonyl (C=O) groups excluding carboxylic acids is 1. The molecule has 7 nitrogen and oxygen atoms in total. The van der Waals surface area contributed by atoms with Gasteiger partial charge in [-0.3, -0.25) is 4.79 Å². The van der Waals surface area contributed by atoms with Gasteiger partial charge in [0, 0.05) is 11.8 Å². The van der Waals surface area contributed by atoms with Crippen LogP contribution in [0.4, 0.5) is 0 Å². The van der Waals surface area contributed by atoms with Gasteiger partial charge in [-0.25, -0.2) is 4.79 Å². The maximum absolute atomic E-state index is 12.1. The van der Waals surface area contributed by atoms with Crippen molar-refractivity contribution in [1.82, 2.24) is 19.7 Å². The number of hydrogen-bond acceptors (Lipinski definition) is 6. The van der Waals surface area contributed by atoms with E-state index in [1.54, 1.807) is 6.33 Å². The van der Waals surface area contributed by atoms with E-state index in [9.17, 15) is 9.59 Å². The quantitative estimate of drug-likeness (QED) is 0.800. The summed E-state index contributed by atoms with van der Waals surface area (Å²) in [5, 5.41) is 17.7. The van der Waals surface area contributed by atoms with Crippen LogP contribution in [-0.4, -0.2) is 60.1 Å². The lowest BCUT2D eigenvalue weighted by molar-refractivity contribution is -0.146. The van der Waals surface area contributed by atoms with Gasteiger partial charge in [0.1, 0.15) is 12.4 Å². The summed E-state index contributed by atoms with van der Waals surface area (Å²) in [6.07, 6.45) is 3.95. The van der Waals surface area contributed by atoms with Gasteiger partial charge < -0.3 is 14.6 Å². The van der Waals surface area contributed by atoms with Crippen molar-refractivity contribution >= 4 is 35.4 Å². The Balaban J connectivity index is 1.59. The van der Waals surface area contributed by atoms with E-state index in [0.29, 0.717) is 17.7 Å². The van der Waals surface area contributed by atoms with Gasteiger partial charge in [-0.15, -0.1) is 22.0 Å². The van der Waals surface area contributed by atoms with E-state index in [-0.39, 0.29) is 11.7 Å². The van der Waals surface area contributed by atoms with Crippen LogP contribution in [0.25, 0.3) is 0 Å². The molecule has 3 rings (SSSR count). The Bertz CT molecular complexity index is 531. The first kappa shape index (κ1) is 13.7. The summed E-state index contributed by atoms with van der Waals surface area (Å²) in [7, 11) is 0. The molecule has 2 fully saturated rings. The summed E-state index contributed by atoms with van der Waals surface area (Å²) >= 11 is 2.80. The molecule has 1 saturated heterocycles. The molecule has 1 N–H and O–H groups in total. The maximum atomic E-state index is 12.1. The first-order valence-electron chi connectivity index (χ1n) is 6.29. The van der Waals surface area contributed by atoms with Crippen molar-refractivity contribution < 1.29 is 14.7 Å². The molecule has 1 aliphatic carbocycles. The SMILES string of the molecule is O=C(O)[C@@H]1CSCN1C(=O)CSc1nncn1C1CC1. The van der Waals surface area contributed by atoms with E-state index in [1.165, 1.54) is 28.4 Å². The highest BCUT2D eigenvalue weighted by Crippen LogP contribution is 2.37. The van der Waals surface area contributed by atoms with Crippen LogP contribution in [0.3, 0.4) is 0 Å². The molecule has 2 heterocycles. The highest BCUT2D eigenvalue weighted by atomic mass is 32.2.